The van der Waals surface area contributed by atoms with Crippen LogP contribution < -0.4 is 5.32 Å². The smallest absolute Gasteiger partial charge is 0.223 e. The van der Waals surface area contributed by atoms with Crippen LogP contribution in [0.15, 0.2) is 28.8 Å². The lowest BCUT2D eigenvalue weighted by Crippen LogP contribution is -2.22. The Morgan fingerprint density at radius 3 is 2.72 bits per heavy atom. The summed E-state index contributed by atoms with van der Waals surface area (Å²) in [7, 11) is 0. The summed E-state index contributed by atoms with van der Waals surface area (Å²) in [6.45, 7) is 6.95. The molecule has 2 aromatic rings. The Bertz CT molecular complexity index is 507. The predicted molar refractivity (Wildman–Crippen MR) is 70.3 cm³/mol. The fraction of sp³-hybridized carbons (Fsp3) is 0.429. The van der Waals surface area contributed by atoms with Gasteiger partial charge in [-0.2, -0.15) is 4.98 Å². The van der Waals surface area contributed by atoms with Gasteiger partial charge in [0.2, 0.25) is 5.89 Å². The Hall–Kier alpha value is -1.68. The topological polar surface area (TPSA) is 51.0 Å². The Morgan fingerprint density at radius 2 is 2.06 bits per heavy atom. The van der Waals surface area contributed by atoms with Crippen LogP contribution in [0.5, 0.6) is 0 Å². The molecule has 96 valence electrons. The Labute approximate surface area is 107 Å². The lowest BCUT2D eigenvalue weighted by atomic mass is 10.0. The van der Waals surface area contributed by atoms with Crippen LogP contribution >= 0.6 is 0 Å². The van der Waals surface area contributed by atoms with Gasteiger partial charge in [-0.1, -0.05) is 29.4 Å². The summed E-state index contributed by atoms with van der Waals surface area (Å²) in [4.78, 5) is 4.18. The molecule has 4 nitrogen and oxygen atoms in total. The predicted octanol–water partition coefficient (Wildman–Crippen LogP) is 2.58. The molecule has 0 aliphatic rings. The Kier molecular flexibility index (Phi) is 4.10. The van der Waals surface area contributed by atoms with Crippen molar-refractivity contribution in [3.63, 3.8) is 0 Å². The van der Waals surface area contributed by atoms with E-state index in [0.29, 0.717) is 11.9 Å². The van der Waals surface area contributed by atoms with E-state index < -0.39 is 0 Å². The van der Waals surface area contributed by atoms with Crippen molar-refractivity contribution >= 4 is 0 Å². The number of aromatic nitrogens is 2. The molecule has 1 heterocycles. The van der Waals surface area contributed by atoms with Gasteiger partial charge in [-0.3, -0.25) is 0 Å². The van der Waals surface area contributed by atoms with Crippen molar-refractivity contribution in [2.45, 2.75) is 33.2 Å². The van der Waals surface area contributed by atoms with Crippen molar-refractivity contribution < 1.29 is 4.52 Å². The fourth-order valence-corrected chi connectivity index (χ4v) is 2.03. The molecule has 0 radical (unpaired) electrons. The number of hydrogen-bond donors (Lipinski definition) is 1. The minimum absolute atomic E-state index is 0.333. The molecule has 0 spiro atoms. The summed E-state index contributed by atoms with van der Waals surface area (Å²) < 4.78 is 4.94. The van der Waals surface area contributed by atoms with Crippen molar-refractivity contribution in [3.8, 4) is 0 Å². The van der Waals surface area contributed by atoms with Crippen LogP contribution in [0, 0.1) is 13.8 Å². The molecule has 1 atom stereocenters. The third-order valence-electron chi connectivity index (χ3n) is 3.02. The highest BCUT2D eigenvalue weighted by Gasteiger charge is 2.08. The molecule has 18 heavy (non-hydrogen) atoms. The zero-order chi connectivity index (χ0) is 13.0. The first-order valence-electron chi connectivity index (χ1n) is 6.25. The number of nitrogens with one attached hydrogen (secondary N) is 1. The van der Waals surface area contributed by atoms with Gasteiger partial charge in [0.1, 0.15) is 0 Å². The van der Waals surface area contributed by atoms with Gasteiger partial charge in [-0.05, 0) is 25.0 Å². The second kappa shape index (κ2) is 5.78. The van der Waals surface area contributed by atoms with Crippen molar-refractivity contribution in [1.29, 1.82) is 0 Å². The molecule has 1 N–H and O–H groups in total. The maximum atomic E-state index is 4.94. The summed E-state index contributed by atoms with van der Waals surface area (Å²) in [5.41, 5.74) is 2.65. The van der Waals surface area contributed by atoms with E-state index in [1.165, 1.54) is 11.1 Å². The first-order valence-corrected chi connectivity index (χ1v) is 6.25. The molecule has 0 aliphatic heterocycles. The highest BCUT2D eigenvalue weighted by Crippen LogP contribution is 2.16. The maximum Gasteiger partial charge on any atom is 0.223 e. The van der Waals surface area contributed by atoms with E-state index >= 15 is 0 Å². The zero-order valence-electron chi connectivity index (χ0n) is 11.1. The van der Waals surface area contributed by atoms with Crippen molar-refractivity contribution in [3.05, 3.63) is 47.1 Å². The van der Waals surface area contributed by atoms with Crippen LogP contribution in [0.2, 0.25) is 0 Å². The van der Waals surface area contributed by atoms with Gasteiger partial charge in [-0.15, -0.1) is 0 Å². The monoisotopic (exact) mass is 245 g/mol. The third-order valence-corrected chi connectivity index (χ3v) is 3.02. The summed E-state index contributed by atoms with van der Waals surface area (Å²) in [6.07, 6.45) is 0.785. The van der Waals surface area contributed by atoms with Crippen LogP contribution in [0.1, 0.15) is 35.8 Å². The third kappa shape index (κ3) is 3.17. The summed E-state index contributed by atoms with van der Waals surface area (Å²) in [5, 5.41) is 7.35. The molecular weight excluding hydrogens is 226 g/mol. The van der Waals surface area contributed by atoms with Gasteiger partial charge >= 0.3 is 0 Å². The first-order chi connectivity index (χ1) is 8.66. The average molecular weight is 245 g/mol. The molecule has 0 saturated carbocycles. The summed E-state index contributed by atoms with van der Waals surface area (Å²) >= 11 is 0. The molecule has 1 aromatic heterocycles. The minimum Gasteiger partial charge on any atom is -0.340 e. The van der Waals surface area contributed by atoms with Crippen molar-refractivity contribution in [2.75, 3.05) is 6.54 Å². The SMILES string of the molecule is Cc1nc(CCNC(C)c2ccccc2C)no1. The fourth-order valence-electron chi connectivity index (χ4n) is 2.03. The average Bonchev–Trinajstić information content (AvgIpc) is 2.75. The van der Waals surface area contributed by atoms with Crippen LogP contribution in [0.25, 0.3) is 0 Å². The van der Waals surface area contributed by atoms with E-state index in [0.717, 1.165) is 18.8 Å². The molecule has 1 unspecified atom stereocenters. The summed E-state index contributed by atoms with van der Waals surface area (Å²) in [6, 6.07) is 8.76. The quantitative estimate of drug-likeness (QED) is 0.879. The van der Waals surface area contributed by atoms with E-state index in [2.05, 4.69) is 53.6 Å². The van der Waals surface area contributed by atoms with Gasteiger partial charge in [0.25, 0.3) is 0 Å². The molecule has 0 saturated heterocycles. The summed E-state index contributed by atoms with van der Waals surface area (Å²) in [5.74, 6) is 1.38. The lowest BCUT2D eigenvalue weighted by Gasteiger charge is -2.15. The van der Waals surface area contributed by atoms with E-state index in [9.17, 15) is 0 Å². The second-order valence-electron chi connectivity index (χ2n) is 4.51. The van der Waals surface area contributed by atoms with Crippen LogP contribution in [-0.4, -0.2) is 16.7 Å². The molecule has 0 amide bonds. The number of benzene rings is 1. The van der Waals surface area contributed by atoms with Crippen LogP contribution in [-0.2, 0) is 6.42 Å². The number of aryl methyl sites for hydroxylation is 2. The van der Waals surface area contributed by atoms with Gasteiger partial charge in [0, 0.05) is 25.9 Å². The first kappa shape index (κ1) is 12.8. The second-order valence-corrected chi connectivity index (χ2v) is 4.51. The van der Waals surface area contributed by atoms with Gasteiger partial charge in [-0.25, -0.2) is 0 Å². The molecular formula is C14H19N3O. The van der Waals surface area contributed by atoms with Crippen LogP contribution in [0.4, 0.5) is 0 Å². The highest BCUT2D eigenvalue weighted by molar-refractivity contribution is 5.28. The largest absolute Gasteiger partial charge is 0.340 e. The molecule has 0 bridgehead atoms. The normalized spacial score (nSPS) is 12.6. The van der Waals surface area contributed by atoms with E-state index in [-0.39, 0.29) is 0 Å². The minimum atomic E-state index is 0.333. The maximum absolute atomic E-state index is 4.94. The van der Waals surface area contributed by atoms with Crippen molar-refractivity contribution in [2.24, 2.45) is 0 Å². The van der Waals surface area contributed by atoms with Gasteiger partial charge in [0.15, 0.2) is 5.82 Å². The van der Waals surface area contributed by atoms with Gasteiger partial charge < -0.3 is 9.84 Å². The van der Waals surface area contributed by atoms with E-state index in [4.69, 9.17) is 4.52 Å². The number of hydrogen-bond acceptors (Lipinski definition) is 4. The van der Waals surface area contributed by atoms with E-state index in [1.807, 2.05) is 0 Å². The van der Waals surface area contributed by atoms with Gasteiger partial charge in [0.05, 0.1) is 0 Å². The molecule has 0 aliphatic carbocycles. The lowest BCUT2D eigenvalue weighted by molar-refractivity contribution is 0.386. The van der Waals surface area contributed by atoms with E-state index in [1.54, 1.807) is 6.92 Å². The molecule has 1 aromatic carbocycles. The van der Waals surface area contributed by atoms with Crippen molar-refractivity contribution in [1.82, 2.24) is 15.5 Å². The molecule has 4 heteroatoms. The Balaban J connectivity index is 1.85. The van der Waals surface area contributed by atoms with Crippen LogP contribution in [0.3, 0.4) is 0 Å². The standard InChI is InChI=1S/C14H19N3O/c1-10-6-4-5-7-13(10)11(2)15-9-8-14-16-12(3)18-17-14/h4-7,11,15H,8-9H2,1-3H3. The number of rotatable bonds is 5. The zero-order valence-corrected chi connectivity index (χ0v) is 11.1. The number of nitrogens with zero attached hydrogens (tertiary/aromatic N) is 2. The Morgan fingerprint density at radius 1 is 1.28 bits per heavy atom. The molecule has 0 fully saturated rings. The highest BCUT2D eigenvalue weighted by atomic mass is 16.5. The molecule has 2 rings (SSSR count).